The Kier molecular flexibility index (Phi) is 4.65. The van der Waals surface area contributed by atoms with Crippen LogP contribution in [0.25, 0.3) is 0 Å². The first kappa shape index (κ1) is 14.6. The van der Waals surface area contributed by atoms with Crippen LogP contribution in [-0.2, 0) is 10.0 Å². The molecule has 1 heterocycles. The highest BCUT2D eigenvalue weighted by Crippen LogP contribution is 2.22. The van der Waals surface area contributed by atoms with Gasteiger partial charge in [0.1, 0.15) is 4.21 Å². The van der Waals surface area contributed by atoms with Crippen molar-refractivity contribution in [2.75, 3.05) is 0 Å². The fourth-order valence-corrected chi connectivity index (χ4v) is 4.44. The number of nitrogens with one attached hydrogen (secondary N) is 1. The Balaban J connectivity index is 3.08. The molecule has 0 spiro atoms. The summed E-state index contributed by atoms with van der Waals surface area (Å²) in [6, 6.07) is 3.25. The molecule has 7 heteroatoms. The maximum Gasteiger partial charge on any atom is 0.250 e. The van der Waals surface area contributed by atoms with Gasteiger partial charge in [0, 0.05) is 0 Å². The van der Waals surface area contributed by atoms with Crippen LogP contribution in [0.2, 0.25) is 0 Å². The molecule has 0 bridgehead atoms. The predicted octanol–water partition coefficient (Wildman–Crippen LogP) is 1.87. The van der Waals surface area contributed by atoms with Crippen molar-refractivity contribution in [2.24, 2.45) is 5.73 Å². The summed E-state index contributed by atoms with van der Waals surface area (Å²) in [5.74, 6) is 0. The van der Waals surface area contributed by atoms with Crippen LogP contribution in [0.3, 0.4) is 0 Å². The number of sulfonamides is 1. The van der Waals surface area contributed by atoms with Gasteiger partial charge in [0.15, 0.2) is 0 Å². The van der Waals surface area contributed by atoms with E-state index < -0.39 is 15.6 Å². The van der Waals surface area contributed by atoms with Crippen molar-refractivity contribution in [3.8, 4) is 0 Å². The average Bonchev–Trinajstić information content (AvgIpc) is 2.79. The van der Waals surface area contributed by atoms with Crippen LogP contribution in [0.4, 0.5) is 0 Å². The maximum atomic E-state index is 12.1. The summed E-state index contributed by atoms with van der Waals surface area (Å²) < 4.78 is 27.1. The molecule has 0 saturated heterocycles. The third-order valence-electron chi connectivity index (χ3n) is 2.77. The predicted molar refractivity (Wildman–Crippen MR) is 74.7 cm³/mol. The van der Waals surface area contributed by atoms with Gasteiger partial charge < -0.3 is 5.73 Å². The van der Waals surface area contributed by atoms with Crippen molar-refractivity contribution in [1.29, 1.82) is 0 Å². The lowest BCUT2D eigenvalue weighted by Crippen LogP contribution is -2.55. The fourth-order valence-electron chi connectivity index (χ4n) is 1.52. The number of rotatable bonds is 6. The molecule has 1 aromatic heterocycles. The Morgan fingerprint density at radius 2 is 2.12 bits per heavy atom. The van der Waals surface area contributed by atoms with E-state index in [0.717, 1.165) is 0 Å². The summed E-state index contributed by atoms with van der Waals surface area (Å²) >= 11 is 6.15. The third-order valence-corrected chi connectivity index (χ3v) is 6.09. The Labute approximate surface area is 111 Å². The zero-order chi connectivity index (χ0) is 13.1. The van der Waals surface area contributed by atoms with E-state index in [4.69, 9.17) is 18.0 Å². The summed E-state index contributed by atoms with van der Waals surface area (Å²) in [5.41, 5.74) is 4.83. The van der Waals surface area contributed by atoms with Gasteiger partial charge in [-0.2, -0.15) is 4.72 Å². The van der Waals surface area contributed by atoms with Crippen molar-refractivity contribution in [2.45, 2.75) is 36.4 Å². The SMILES string of the molecule is CCC(CC)(NS(=O)(=O)c1cccs1)C(N)=S. The minimum absolute atomic E-state index is 0.183. The van der Waals surface area contributed by atoms with E-state index in [1.54, 1.807) is 17.5 Å². The van der Waals surface area contributed by atoms with Crippen molar-refractivity contribution < 1.29 is 8.42 Å². The number of hydrogen-bond donors (Lipinski definition) is 2. The molecular formula is C10H16N2O2S3. The molecule has 1 aromatic rings. The summed E-state index contributed by atoms with van der Waals surface area (Å²) in [4.78, 5) is 0.183. The van der Waals surface area contributed by atoms with Crippen LogP contribution in [0.15, 0.2) is 21.7 Å². The molecule has 0 aliphatic heterocycles. The van der Waals surface area contributed by atoms with Crippen LogP contribution in [0.1, 0.15) is 26.7 Å². The minimum atomic E-state index is -3.54. The minimum Gasteiger partial charge on any atom is -0.392 e. The number of thiophene rings is 1. The number of nitrogens with two attached hydrogens (primary N) is 1. The van der Waals surface area contributed by atoms with Crippen molar-refractivity contribution in [3.63, 3.8) is 0 Å². The highest BCUT2D eigenvalue weighted by Gasteiger charge is 2.35. The first-order valence-electron chi connectivity index (χ1n) is 5.25. The van der Waals surface area contributed by atoms with E-state index in [0.29, 0.717) is 12.8 Å². The second-order valence-corrected chi connectivity index (χ2v) is 6.99. The van der Waals surface area contributed by atoms with Gasteiger partial charge in [0.25, 0.3) is 10.0 Å². The molecule has 0 aromatic carbocycles. The third kappa shape index (κ3) is 3.04. The van der Waals surface area contributed by atoms with Gasteiger partial charge in [-0.05, 0) is 24.3 Å². The van der Waals surface area contributed by atoms with Gasteiger partial charge in [-0.1, -0.05) is 32.1 Å². The van der Waals surface area contributed by atoms with E-state index in [2.05, 4.69) is 4.72 Å². The standard InChI is InChI=1S/C10H16N2O2S3/c1-3-10(4-2,9(11)15)12-17(13,14)8-6-5-7-16-8/h5-7,12H,3-4H2,1-2H3,(H2,11,15). The molecule has 4 nitrogen and oxygen atoms in total. The van der Waals surface area contributed by atoms with Crippen molar-refractivity contribution >= 4 is 38.6 Å². The zero-order valence-corrected chi connectivity index (χ0v) is 12.2. The molecule has 17 heavy (non-hydrogen) atoms. The second kappa shape index (κ2) is 5.43. The van der Waals surface area contributed by atoms with Crippen molar-refractivity contribution in [1.82, 2.24) is 4.72 Å². The van der Waals surface area contributed by atoms with Crippen LogP contribution >= 0.6 is 23.6 Å². The first-order valence-corrected chi connectivity index (χ1v) is 8.02. The van der Waals surface area contributed by atoms with Crippen LogP contribution in [-0.4, -0.2) is 18.9 Å². The molecular weight excluding hydrogens is 276 g/mol. The lowest BCUT2D eigenvalue weighted by molar-refractivity contribution is 0.466. The summed E-state index contributed by atoms with van der Waals surface area (Å²) in [7, 11) is -3.54. The summed E-state index contributed by atoms with van der Waals surface area (Å²) in [6.45, 7) is 3.72. The van der Waals surface area contributed by atoms with E-state index in [1.807, 2.05) is 13.8 Å². The van der Waals surface area contributed by atoms with Crippen LogP contribution < -0.4 is 10.5 Å². The van der Waals surface area contributed by atoms with Gasteiger partial charge in [-0.25, -0.2) is 8.42 Å². The lowest BCUT2D eigenvalue weighted by Gasteiger charge is -2.30. The Morgan fingerprint density at radius 1 is 1.53 bits per heavy atom. The van der Waals surface area contributed by atoms with Gasteiger partial charge >= 0.3 is 0 Å². The van der Waals surface area contributed by atoms with E-state index in [9.17, 15) is 8.42 Å². The fraction of sp³-hybridized carbons (Fsp3) is 0.500. The van der Waals surface area contributed by atoms with E-state index >= 15 is 0 Å². The molecule has 96 valence electrons. The highest BCUT2D eigenvalue weighted by molar-refractivity contribution is 7.91. The van der Waals surface area contributed by atoms with Crippen LogP contribution in [0.5, 0.6) is 0 Å². The Morgan fingerprint density at radius 3 is 2.47 bits per heavy atom. The quantitative estimate of drug-likeness (QED) is 0.785. The van der Waals surface area contributed by atoms with Gasteiger partial charge in [-0.3, -0.25) is 0 Å². The molecule has 0 unspecified atom stereocenters. The molecule has 0 amide bonds. The molecule has 0 aliphatic rings. The molecule has 0 atom stereocenters. The Hall–Kier alpha value is -0.500. The number of thiocarbonyl (C=S) groups is 1. The van der Waals surface area contributed by atoms with Gasteiger partial charge in [-0.15, -0.1) is 11.3 Å². The van der Waals surface area contributed by atoms with E-state index in [-0.39, 0.29) is 9.20 Å². The average molecular weight is 292 g/mol. The molecule has 0 aliphatic carbocycles. The molecule has 0 saturated carbocycles. The monoisotopic (exact) mass is 292 g/mol. The van der Waals surface area contributed by atoms with Crippen molar-refractivity contribution in [3.05, 3.63) is 17.5 Å². The summed E-state index contributed by atoms with van der Waals surface area (Å²) in [5, 5.41) is 1.72. The van der Waals surface area contributed by atoms with Gasteiger partial charge in [0.2, 0.25) is 0 Å². The first-order chi connectivity index (χ1) is 7.88. The smallest absolute Gasteiger partial charge is 0.250 e. The Bertz CT molecular complexity index is 476. The molecule has 0 fully saturated rings. The lowest BCUT2D eigenvalue weighted by atomic mass is 9.94. The summed E-state index contributed by atoms with van der Waals surface area (Å²) in [6.07, 6.45) is 1.06. The maximum absolute atomic E-state index is 12.1. The highest BCUT2D eigenvalue weighted by atomic mass is 32.2. The van der Waals surface area contributed by atoms with E-state index in [1.165, 1.54) is 11.3 Å². The number of hydrogen-bond acceptors (Lipinski definition) is 4. The van der Waals surface area contributed by atoms with Gasteiger partial charge in [0.05, 0.1) is 10.5 Å². The molecule has 3 N–H and O–H groups in total. The van der Waals surface area contributed by atoms with Crippen LogP contribution in [0, 0.1) is 0 Å². The molecule has 0 radical (unpaired) electrons. The largest absolute Gasteiger partial charge is 0.392 e. The topological polar surface area (TPSA) is 72.2 Å². The molecule has 1 rings (SSSR count). The second-order valence-electron chi connectivity index (χ2n) is 3.69. The normalized spacial score (nSPS) is 12.6. The zero-order valence-electron chi connectivity index (χ0n) is 9.76.